The number of anilines is 1. The van der Waals surface area contributed by atoms with Crippen molar-refractivity contribution >= 4 is 18.3 Å². The summed E-state index contributed by atoms with van der Waals surface area (Å²) >= 11 is 4.24. The largest absolute Gasteiger partial charge is 0.493 e. The number of hydrogen-bond acceptors (Lipinski definition) is 3. The third kappa shape index (κ3) is 2.40. The Labute approximate surface area is 96.6 Å². The van der Waals surface area contributed by atoms with Crippen molar-refractivity contribution in [3.63, 3.8) is 0 Å². The minimum atomic E-state index is 0.860. The Kier molecular flexibility index (Phi) is 3.41. The van der Waals surface area contributed by atoms with Crippen LogP contribution in [0.15, 0.2) is 18.2 Å². The molecule has 0 N–H and O–H groups in total. The maximum Gasteiger partial charge on any atom is 0.122 e. The summed E-state index contributed by atoms with van der Waals surface area (Å²) in [5.74, 6) is 1.94. The van der Waals surface area contributed by atoms with E-state index in [1.54, 1.807) is 0 Å². The predicted octanol–water partition coefficient (Wildman–Crippen LogP) is 2.38. The molecule has 0 fully saturated rings. The van der Waals surface area contributed by atoms with E-state index in [2.05, 4.69) is 42.8 Å². The van der Waals surface area contributed by atoms with Crippen LogP contribution in [0.25, 0.3) is 0 Å². The van der Waals surface area contributed by atoms with Crippen molar-refractivity contribution in [2.45, 2.75) is 12.8 Å². The number of hydrogen-bond donors (Lipinski definition) is 1. The van der Waals surface area contributed by atoms with Gasteiger partial charge in [0.05, 0.1) is 6.61 Å². The van der Waals surface area contributed by atoms with Gasteiger partial charge in [-0.05, 0) is 36.6 Å². The van der Waals surface area contributed by atoms with Crippen molar-refractivity contribution < 1.29 is 4.74 Å². The van der Waals surface area contributed by atoms with E-state index >= 15 is 0 Å². The van der Waals surface area contributed by atoms with Gasteiger partial charge in [0.1, 0.15) is 5.75 Å². The van der Waals surface area contributed by atoms with E-state index in [0.717, 1.165) is 37.5 Å². The Morgan fingerprint density at radius 3 is 3.13 bits per heavy atom. The molecule has 0 aromatic heterocycles. The van der Waals surface area contributed by atoms with Gasteiger partial charge in [-0.3, -0.25) is 0 Å². The van der Waals surface area contributed by atoms with Gasteiger partial charge in [-0.25, -0.2) is 0 Å². The van der Waals surface area contributed by atoms with Crippen molar-refractivity contribution in [3.8, 4) is 5.75 Å². The zero-order valence-corrected chi connectivity index (χ0v) is 9.96. The van der Waals surface area contributed by atoms with Crippen LogP contribution in [-0.4, -0.2) is 26.0 Å². The highest BCUT2D eigenvalue weighted by Crippen LogP contribution is 2.28. The van der Waals surface area contributed by atoms with Crippen LogP contribution in [-0.2, 0) is 6.42 Å². The van der Waals surface area contributed by atoms with Crippen molar-refractivity contribution in [1.82, 2.24) is 0 Å². The zero-order valence-electron chi connectivity index (χ0n) is 9.07. The second-order valence-electron chi connectivity index (χ2n) is 3.89. The van der Waals surface area contributed by atoms with Gasteiger partial charge in [0.2, 0.25) is 0 Å². The van der Waals surface area contributed by atoms with Gasteiger partial charge in [0.15, 0.2) is 0 Å². The lowest BCUT2D eigenvalue weighted by atomic mass is 10.1. The van der Waals surface area contributed by atoms with Gasteiger partial charge in [-0.1, -0.05) is 0 Å². The number of benzene rings is 1. The van der Waals surface area contributed by atoms with E-state index in [9.17, 15) is 0 Å². The maximum atomic E-state index is 5.58. The molecule has 2 nitrogen and oxygen atoms in total. The Hall–Kier alpha value is -0.830. The number of thiol groups is 1. The molecule has 3 heteroatoms. The number of rotatable bonds is 3. The lowest BCUT2D eigenvalue weighted by Crippen LogP contribution is -2.20. The fourth-order valence-electron chi connectivity index (χ4n) is 1.86. The van der Waals surface area contributed by atoms with Crippen LogP contribution in [0.1, 0.15) is 12.0 Å². The molecule has 0 radical (unpaired) electrons. The maximum absolute atomic E-state index is 5.58. The number of nitrogens with zero attached hydrogens (tertiary/aromatic N) is 1. The molecule has 0 saturated carbocycles. The number of ether oxygens (including phenoxy) is 1. The highest BCUT2D eigenvalue weighted by atomic mass is 32.1. The number of fused-ring (bicyclic) bond motifs is 1. The van der Waals surface area contributed by atoms with Crippen molar-refractivity contribution in [2.75, 3.05) is 30.9 Å². The van der Waals surface area contributed by atoms with Crippen LogP contribution in [0.4, 0.5) is 5.69 Å². The Morgan fingerprint density at radius 1 is 1.47 bits per heavy atom. The first-order valence-electron chi connectivity index (χ1n) is 5.39. The third-order valence-electron chi connectivity index (χ3n) is 2.77. The van der Waals surface area contributed by atoms with E-state index in [4.69, 9.17) is 4.74 Å². The van der Waals surface area contributed by atoms with E-state index in [1.165, 1.54) is 11.3 Å². The van der Waals surface area contributed by atoms with Gasteiger partial charge in [-0.2, -0.15) is 12.6 Å². The second kappa shape index (κ2) is 4.79. The van der Waals surface area contributed by atoms with Gasteiger partial charge in [0.25, 0.3) is 0 Å². The Morgan fingerprint density at radius 2 is 2.33 bits per heavy atom. The molecule has 0 saturated heterocycles. The Balaban J connectivity index is 2.20. The lowest BCUT2D eigenvalue weighted by Gasteiger charge is -2.22. The quantitative estimate of drug-likeness (QED) is 0.790. The highest BCUT2D eigenvalue weighted by Gasteiger charge is 2.11. The molecule has 0 spiro atoms. The van der Waals surface area contributed by atoms with Crippen LogP contribution in [0.3, 0.4) is 0 Å². The first-order valence-corrected chi connectivity index (χ1v) is 6.02. The SMILES string of the molecule is CN(CCS)c1ccc2c(c1)CCCO2. The molecular weight excluding hydrogens is 206 g/mol. The molecular formula is C12H17NOS. The molecule has 1 heterocycles. The summed E-state index contributed by atoms with van der Waals surface area (Å²) in [6.45, 7) is 1.83. The van der Waals surface area contributed by atoms with E-state index in [-0.39, 0.29) is 0 Å². The standard InChI is InChI=1S/C12H17NOS/c1-13(6-8-15)11-4-5-12-10(9-11)3-2-7-14-12/h4-5,9,15H,2-3,6-8H2,1H3. The molecule has 15 heavy (non-hydrogen) atoms. The van der Waals surface area contributed by atoms with Crippen LogP contribution in [0.5, 0.6) is 5.75 Å². The average molecular weight is 223 g/mol. The van der Waals surface area contributed by atoms with E-state index in [1.807, 2.05) is 0 Å². The van der Waals surface area contributed by atoms with E-state index in [0.29, 0.717) is 0 Å². The molecule has 0 atom stereocenters. The lowest BCUT2D eigenvalue weighted by molar-refractivity contribution is 0.288. The average Bonchev–Trinajstić information content (AvgIpc) is 2.29. The second-order valence-corrected chi connectivity index (χ2v) is 4.34. The first-order chi connectivity index (χ1) is 7.31. The van der Waals surface area contributed by atoms with Gasteiger partial charge < -0.3 is 9.64 Å². The van der Waals surface area contributed by atoms with Crippen LogP contribution < -0.4 is 9.64 Å². The minimum absolute atomic E-state index is 0.860. The summed E-state index contributed by atoms with van der Waals surface area (Å²) < 4.78 is 5.58. The molecule has 0 aliphatic carbocycles. The molecule has 1 aliphatic rings. The summed E-state index contributed by atoms with van der Waals surface area (Å²) in [6.07, 6.45) is 2.27. The molecule has 0 bridgehead atoms. The van der Waals surface area contributed by atoms with Gasteiger partial charge in [0, 0.05) is 25.0 Å². The molecule has 0 amide bonds. The first kappa shape index (κ1) is 10.7. The fourth-order valence-corrected chi connectivity index (χ4v) is 2.16. The van der Waals surface area contributed by atoms with Crippen LogP contribution in [0.2, 0.25) is 0 Å². The zero-order chi connectivity index (χ0) is 10.7. The number of aryl methyl sites for hydroxylation is 1. The molecule has 82 valence electrons. The molecule has 1 aliphatic heterocycles. The Bertz CT molecular complexity index is 340. The normalized spacial score (nSPS) is 14.3. The molecule has 1 aromatic carbocycles. The third-order valence-corrected chi connectivity index (χ3v) is 2.97. The smallest absolute Gasteiger partial charge is 0.122 e. The topological polar surface area (TPSA) is 12.5 Å². The van der Waals surface area contributed by atoms with Crippen molar-refractivity contribution in [2.24, 2.45) is 0 Å². The fraction of sp³-hybridized carbons (Fsp3) is 0.500. The summed E-state index contributed by atoms with van der Waals surface area (Å²) in [7, 11) is 2.10. The monoisotopic (exact) mass is 223 g/mol. The van der Waals surface area contributed by atoms with Crippen LogP contribution in [0, 0.1) is 0 Å². The summed E-state index contributed by atoms with van der Waals surface area (Å²) in [5, 5.41) is 0. The molecule has 1 aromatic rings. The van der Waals surface area contributed by atoms with E-state index < -0.39 is 0 Å². The van der Waals surface area contributed by atoms with Crippen molar-refractivity contribution in [3.05, 3.63) is 23.8 Å². The van der Waals surface area contributed by atoms with Crippen LogP contribution >= 0.6 is 12.6 Å². The summed E-state index contributed by atoms with van der Waals surface area (Å²) in [6, 6.07) is 6.43. The summed E-state index contributed by atoms with van der Waals surface area (Å²) in [5.41, 5.74) is 2.60. The highest BCUT2D eigenvalue weighted by molar-refractivity contribution is 7.80. The summed E-state index contributed by atoms with van der Waals surface area (Å²) in [4.78, 5) is 2.22. The van der Waals surface area contributed by atoms with Gasteiger partial charge >= 0.3 is 0 Å². The van der Waals surface area contributed by atoms with Crippen molar-refractivity contribution in [1.29, 1.82) is 0 Å². The van der Waals surface area contributed by atoms with Gasteiger partial charge in [-0.15, -0.1) is 0 Å². The molecule has 2 rings (SSSR count). The molecule has 0 unspecified atom stereocenters. The predicted molar refractivity (Wildman–Crippen MR) is 67.4 cm³/mol. The minimum Gasteiger partial charge on any atom is -0.493 e.